The molecular formula is C15H24N2O4. The second-order valence-electron chi connectivity index (χ2n) is 4.47. The molecule has 1 amide bonds. The van der Waals surface area contributed by atoms with Crippen LogP contribution in [0.1, 0.15) is 18.9 Å². The lowest BCUT2D eigenvalue weighted by molar-refractivity contribution is -0.122. The molecule has 6 nitrogen and oxygen atoms in total. The first-order valence-corrected chi connectivity index (χ1v) is 6.95. The molecule has 0 fully saturated rings. The fraction of sp³-hybridized carbons (Fsp3) is 0.533. The minimum atomic E-state index is -0.215. The summed E-state index contributed by atoms with van der Waals surface area (Å²) in [4.78, 5) is 11.3. The SMILES string of the molecule is CCCNCc1cc(OC)c(OCC(=O)NC)c(OC)c1. The van der Waals surface area contributed by atoms with Crippen molar-refractivity contribution in [2.24, 2.45) is 0 Å². The molecule has 0 saturated carbocycles. The van der Waals surface area contributed by atoms with Crippen LogP contribution in [-0.2, 0) is 11.3 Å². The minimum Gasteiger partial charge on any atom is -0.493 e. The van der Waals surface area contributed by atoms with Crippen molar-refractivity contribution < 1.29 is 19.0 Å². The fourth-order valence-corrected chi connectivity index (χ4v) is 1.80. The molecule has 2 N–H and O–H groups in total. The van der Waals surface area contributed by atoms with E-state index < -0.39 is 0 Å². The molecule has 0 heterocycles. The van der Waals surface area contributed by atoms with E-state index >= 15 is 0 Å². The van der Waals surface area contributed by atoms with E-state index in [0.717, 1.165) is 25.1 Å². The number of ether oxygens (including phenoxy) is 3. The number of nitrogens with one attached hydrogen (secondary N) is 2. The third-order valence-corrected chi connectivity index (χ3v) is 2.90. The molecule has 0 spiro atoms. The van der Waals surface area contributed by atoms with E-state index in [9.17, 15) is 4.79 Å². The third kappa shape index (κ3) is 5.15. The van der Waals surface area contributed by atoms with Crippen LogP contribution in [0.4, 0.5) is 0 Å². The molecule has 0 aliphatic rings. The Labute approximate surface area is 125 Å². The second-order valence-corrected chi connectivity index (χ2v) is 4.47. The van der Waals surface area contributed by atoms with Gasteiger partial charge in [-0.1, -0.05) is 6.92 Å². The van der Waals surface area contributed by atoms with Crippen molar-refractivity contribution in [3.8, 4) is 17.2 Å². The summed E-state index contributed by atoms with van der Waals surface area (Å²) < 4.78 is 16.2. The van der Waals surface area contributed by atoms with Crippen molar-refractivity contribution in [3.05, 3.63) is 17.7 Å². The highest BCUT2D eigenvalue weighted by Gasteiger charge is 2.15. The predicted molar refractivity (Wildman–Crippen MR) is 81.1 cm³/mol. The van der Waals surface area contributed by atoms with E-state index in [0.29, 0.717) is 17.2 Å². The van der Waals surface area contributed by atoms with Crippen LogP contribution in [0, 0.1) is 0 Å². The van der Waals surface area contributed by atoms with Gasteiger partial charge in [-0.25, -0.2) is 0 Å². The van der Waals surface area contributed by atoms with Gasteiger partial charge in [0.1, 0.15) is 0 Å². The van der Waals surface area contributed by atoms with Crippen LogP contribution in [0.3, 0.4) is 0 Å². The number of rotatable bonds is 9. The summed E-state index contributed by atoms with van der Waals surface area (Å²) in [6.07, 6.45) is 1.07. The van der Waals surface area contributed by atoms with Crippen molar-refractivity contribution in [2.45, 2.75) is 19.9 Å². The number of hydrogen-bond acceptors (Lipinski definition) is 5. The lowest BCUT2D eigenvalue weighted by Crippen LogP contribution is -2.25. The van der Waals surface area contributed by atoms with Gasteiger partial charge >= 0.3 is 0 Å². The highest BCUT2D eigenvalue weighted by molar-refractivity contribution is 5.77. The smallest absolute Gasteiger partial charge is 0.257 e. The van der Waals surface area contributed by atoms with Gasteiger partial charge in [0.05, 0.1) is 14.2 Å². The predicted octanol–water partition coefficient (Wildman–Crippen LogP) is 1.33. The summed E-state index contributed by atoms with van der Waals surface area (Å²) in [5.41, 5.74) is 1.03. The van der Waals surface area contributed by atoms with Gasteiger partial charge in [0, 0.05) is 13.6 Å². The molecule has 6 heteroatoms. The molecule has 0 radical (unpaired) electrons. The quantitative estimate of drug-likeness (QED) is 0.673. The van der Waals surface area contributed by atoms with Gasteiger partial charge in [0.15, 0.2) is 18.1 Å². The van der Waals surface area contributed by atoms with Gasteiger partial charge in [-0.05, 0) is 30.7 Å². The number of methoxy groups -OCH3 is 2. The standard InChI is InChI=1S/C15H24N2O4/c1-5-6-17-9-11-7-12(19-3)15(13(8-11)20-4)21-10-14(18)16-2/h7-8,17H,5-6,9-10H2,1-4H3,(H,16,18). The van der Waals surface area contributed by atoms with Crippen molar-refractivity contribution in [1.82, 2.24) is 10.6 Å². The van der Waals surface area contributed by atoms with Gasteiger partial charge in [-0.3, -0.25) is 4.79 Å². The monoisotopic (exact) mass is 296 g/mol. The molecule has 0 atom stereocenters. The molecule has 0 aromatic heterocycles. The first-order chi connectivity index (χ1) is 10.2. The van der Waals surface area contributed by atoms with Crippen LogP contribution < -0.4 is 24.8 Å². The molecular weight excluding hydrogens is 272 g/mol. The van der Waals surface area contributed by atoms with Crippen molar-refractivity contribution in [2.75, 3.05) is 34.4 Å². The number of amides is 1. The molecule has 118 valence electrons. The fourth-order valence-electron chi connectivity index (χ4n) is 1.80. The van der Waals surface area contributed by atoms with E-state index in [2.05, 4.69) is 17.6 Å². The van der Waals surface area contributed by atoms with Crippen molar-refractivity contribution in [3.63, 3.8) is 0 Å². The second kappa shape index (κ2) is 9.07. The summed E-state index contributed by atoms with van der Waals surface area (Å²) in [6, 6.07) is 3.76. The van der Waals surface area contributed by atoms with E-state index in [1.807, 2.05) is 12.1 Å². The maximum Gasteiger partial charge on any atom is 0.257 e. The lowest BCUT2D eigenvalue weighted by Gasteiger charge is -2.16. The van der Waals surface area contributed by atoms with E-state index in [1.54, 1.807) is 21.3 Å². The van der Waals surface area contributed by atoms with Crippen LogP contribution in [0.15, 0.2) is 12.1 Å². The zero-order valence-corrected chi connectivity index (χ0v) is 13.1. The molecule has 0 unspecified atom stereocenters. The Kier molecular flexibility index (Phi) is 7.39. The van der Waals surface area contributed by atoms with Gasteiger partial charge in [0.25, 0.3) is 5.91 Å². The highest BCUT2D eigenvalue weighted by atomic mass is 16.5. The zero-order valence-electron chi connectivity index (χ0n) is 13.1. The van der Waals surface area contributed by atoms with Crippen LogP contribution in [0.2, 0.25) is 0 Å². The topological polar surface area (TPSA) is 68.8 Å². The Bertz CT molecular complexity index is 438. The van der Waals surface area contributed by atoms with Gasteiger partial charge in [-0.15, -0.1) is 0 Å². The van der Waals surface area contributed by atoms with Gasteiger partial charge in [-0.2, -0.15) is 0 Å². The summed E-state index contributed by atoms with van der Waals surface area (Å²) >= 11 is 0. The van der Waals surface area contributed by atoms with Crippen molar-refractivity contribution in [1.29, 1.82) is 0 Å². The maximum absolute atomic E-state index is 11.3. The number of likely N-dealkylation sites (N-methyl/N-ethyl adjacent to an activating group) is 1. The average Bonchev–Trinajstić information content (AvgIpc) is 2.52. The van der Waals surface area contributed by atoms with E-state index in [4.69, 9.17) is 14.2 Å². The number of carbonyl (C=O) groups excluding carboxylic acids is 1. The molecule has 0 aliphatic heterocycles. The van der Waals surface area contributed by atoms with Crippen LogP contribution in [0.5, 0.6) is 17.2 Å². The third-order valence-electron chi connectivity index (χ3n) is 2.90. The summed E-state index contributed by atoms with van der Waals surface area (Å²) in [5.74, 6) is 1.31. The minimum absolute atomic E-state index is 0.0867. The Morgan fingerprint density at radius 1 is 1.19 bits per heavy atom. The van der Waals surface area contributed by atoms with Crippen LogP contribution >= 0.6 is 0 Å². The Hall–Kier alpha value is -1.95. The number of benzene rings is 1. The Morgan fingerprint density at radius 3 is 2.29 bits per heavy atom. The molecule has 1 aromatic carbocycles. The molecule has 1 rings (SSSR count). The largest absolute Gasteiger partial charge is 0.493 e. The van der Waals surface area contributed by atoms with Crippen molar-refractivity contribution >= 4 is 5.91 Å². The zero-order chi connectivity index (χ0) is 15.7. The number of carbonyl (C=O) groups is 1. The van der Waals surface area contributed by atoms with Gasteiger partial charge < -0.3 is 24.8 Å². The normalized spacial score (nSPS) is 10.1. The summed E-state index contributed by atoms with van der Waals surface area (Å²) in [5, 5.41) is 5.82. The summed E-state index contributed by atoms with van der Waals surface area (Å²) in [7, 11) is 4.68. The Morgan fingerprint density at radius 2 is 1.81 bits per heavy atom. The first kappa shape index (κ1) is 17.1. The molecule has 0 saturated heterocycles. The Balaban J connectivity index is 2.92. The van der Waals surface area contributed by atoms with E-state index in [1.165, 1.54) is 0 Å². The van der Waals surface area contributed by atoms with E-state index in [-0.39, 0.29) is 12.5 Å². The lowest BCUT2D eigenvalue weighted by atomic mass is 10.1. The maximum atomic E-state index is 11.3. The van der Waals surface area contributed by atoms with Gasteiger partial charge in [0.2, 0.25) is 5.75 Å². The van der Waals surface area contributed by atoms with Crippen LogP contribution in [0.25, 0.3) is 0 Å². The van der Waals surface area contributed by atoms with Crippen LogP contribution in [-0.4, -0.2) is 40.3 Å². The highest BCUT2D eigenvalue weighted by Crippen LogP contribution is 2.38. The summed E-state index contributed by atoms with van der Waals surface area (Å²) in [6.45, 7) is 3.69. The molecule has 0 aliphatic carbocycles. The number of hydrogen-bond donors (Lipinski definition) is 2. The first-order valence-electron chi connectivity index (χ1n) is 6.95. The molecule has 1 aromatic rings. The molecule has 0 bridgehead atoms. The average molecular weight is 296 g/mol. The molecule has 21 heavy (non-hydrogen) atoms.